The van der Waals surface area contributed by atoms with Crippen molar-refractivity contribution in [1.82, 2.24) is 0 Å². The topological polar surface area (TPSA) is 108 Å². The third-order valence-corrected chi connectivity index (χ3v) is 3.97. The quantitative estimate of drug-likeness (QED) is 0.466. The average molecular weight is 336 g/mol. The molecule has 2 rings (SSSR count). The molecular formula is C16H20N2O6. The number of nitro benzene ring substituents is 1. The third kappa shape index (κ3) is 4.94. The molecular weight excluding hydrogens is 316 g/mol. The number of nitrogens with one attached hydrogen (secondary N) is 1. The van der Waals surface area contributed by atoms with Crippen LogP contribution in [-0.2, 0) is 14.3 Å². The molecule has 1 aliphatic carbocycles. The van der Waals surface area contributed by atoms with Gasteiger partial charge in [-0.25, -0.2) is 0 Å². The monoisotopic (exact) mass is 336 g/mol. The highest BCUT2D eigenvalue weighted by molar-refractivity contribution is 5.95. The number of hydrogen-bond acceptors (Lipinski definition) is 6. The number of hydrogen-bond donors (Lipinski definition) is 1. The van der Waals surface area contributed by atoms with E-state index in [1.165, 1.54) is 25.3 Å². The summed E-state index contributed by atoms with van der Waals surface area (Å²) in [5.74, 6) is -0.393. The molecule has 1 aliphatic rings. The van der Waals surface area contributed by atoms with Crippen LogP contribution in [0.25, 0.3) is 0 Å². The van der Waals surface area contributed by atoms with Crippen molar-refractivity contribution in [3.8, 4) is 5.75 Å². The lowest BCUT2D eigenvalue weighted by Gasteiger charge is -2.10. The molecule has 1 saturated carbocycles. The number of rotatable bonds is 7. The van der Waals surface area contributed by atoms with Gasteiger partial charge in [0.1, 0.15) is 11.4 Å². The number of amides is 1. The summed E-state index contributed by atoms with van der Waals surface area (Å²) < 4.78 is 9.86. The molecule has 8 nitrogen and oxygen atoms in total. The lowest BCUT2D eigenvalue weighted by atomic mass is 10.1. The van der Waals surface area contributed by atoms with Gasteiger partial charge >= 0.3 is 5.97 Å². The zero-order valence-electron chi connectivity index (χ0n) is 13.4. The molecule has 1 amide bonds. The molecule has 0 atom stereocenters. The second kappa shape index (κ2) is 8.28. The summed E-state index contributed by atoms with van der Waals surface area (Å²) in [6.45, 7) is -0.464. The van der Waals surface area contributed by atoms with Crippen molar-refractivity contribution in [2.75, 3.05) is 19.0 Å². The Hall–Kier alpha value is -2.64. The fourth-order valence-corrected chi connectivity index (χ4v) is 2.74. The molecule has 0 spiro atoms. The minimum absolute atomic E-state index is 0.0256. The molecule has 130 valence electrons. The zero-order valence-corrected chi connectivity index (χ0v) is 13.4. The standard InChI is InChI=1S/C16H20N2O6/c1-23-12-6-7-13(14(9-12)18(21)22)17-15(19)10-24-16(20)8-11-4-2-3-5-11/h6-7,9,11H,2-5,8,10H2,1H3,(H,17,19). The van der Waals surface area contributed by atoms with Crippen LogP contribution in [0.3, 0.4) is 0 Å². The summed E-state index contributed by atoms with van der Waals surface area (Å²) in [5.41, 5.74) is -0.266. The Morgan fingerprint density at radius 3 is 2.67 bits per heavy atom. The van der Waals surface area contributed by atoms with Crippen LogP contribution in [0.2, 0.25) is 0 Å². The van der Waals surface area contributed by atoms with E-state index in [1.54, 1.807) is 0 Å². The highest BCUT2D eigenvalue weighted by atomic mass is 16.6. The smallest absolute Gasteiger partial charge is 0.306 e. The van der Waals surface area contributed by atoms with Crippen LogP contribution in [-0.4, -0.2) is 30.5 Å². The van der Waals surface area contributed by atoms with Gasteiger partial charge in [-0.05, 0) is 30.9 Å². The van der Waals surface area contributed by atoms with E-state index >= 15 is 0 Å². The molecule has 0 bridgehead atoms. The predicted molar refractivity (Wildman–Crippen MR) is 85.8 cm³/mol. The lowest BCUT2D eigenvalue weighted by Crippen LogP contribution is -2.22. The Morgan fingerprint density at radius 2 is 2.04 bits per heavy atom. The van der Waals surface area contributed by atoms with Crippen LogP contribution in [0.1, 0.15) is 32.1 Å². The van der Waals surface area contributed by atoms with Crippen LogP contribution >= 0.6 is 0 Å². The zero-order chi connectivity index (χ0) is 17.5. The summed E-state index contributed by atoms with van der Waals surface area (Å²) in [4.78, 5) is 34.0. The molecule has 0 aromatic heterocycles. The second-order valence-electron chi connectivity index (χ2n) is 5.70. The Balaban J connectivity index is 1.87. The first kappa shape index (κ1) is 17.7. The van der Waals surface area contributed by atoms with E-state index in [-0.39, 0.29) is 11.4 Å². The van der Waals surface area contributed by atoms with Crippen molar-refractivity contribution < 1.29 is 24.0 Å². The van der Waals surface area contributed by atoms with Crippen LogP contribution in [0.5, 0.6) is 5.75 Å². The van der Waals surface area contributed by atoms with E-state index in [9.17, 15) is 19.7 Å². The fraction of sp³-hybridized carbons (Fsp3) is 0.500. The number of benzene rings is 1. The molecule has 1 fully saturated rings. The number of carbonyl (C=O) groups excluding carboxylic acids is 2. The SMILES string of the molecule is COc1ccc(NC(=O)COC(=O)CC2CCCC2)c([N+](=O)[O-])c1. The third-order valence-electron chi connectivity index (χ3n) is 3.97. The Morgan fingerprint density at radius 1 is 1.33 bits per heavy atom. The van der Waals surface area contributed by atoms with Gasteiger partial charge in [-0.2, -0.15) is 0 Å². The summed E-state index contributed by atoms with van der Waals surface area (Å²) in [7, 11) is 1.39. The minimum atomic E-state index is -0.622. The molecule has 1 N–H and O–H groups in total. The Kier molecular flexibility index (Phi) is 6.11. The van der Waals surface area contributed by atoms with Crippen molar-refractivity contribution in [2.45, 2.75) is 32.1 Å². The van der Waals surface area contributed by atoms with Gasteiger partial charge in [0.15, 0.2) is 6.61 Å². The van der Waals surface area contributed by atoms with Crippen LogP contribution in [0, 0.1) is 16.0 Å². The normalized spacial score (nSPS) is 14.2. The molecule has 1 aromatic rings. The van der Waals surface area contributed by atoms with Crippen LogP contribution in [0.15, 0.2) is 18.2 Å². The van der Waals surface area contributed by atoms with Gasteiger partial charge in [-0.3, -0.25) is 19.7 Å². The number of anilines is 1. The van der Waals surface area contributed by atoms with E-state index in [4.69, 9.17) is 9.47 Å². The van der Waals surface area contributed by atoms with Gasteiger partial charge in [-0.1, -0.05) is 12.8 Å². The van der Waals surface area contributed by atoms with E-state index in [0.29, 0.717) is 18.1 Å². The van der Waals surface area contributed by atoms with Crippen molar-refractivity contribution in [3.63, 3.8) is 0 Å². The lowest BCUT2D eigenvalue weighted by molar-refractivity contribution is -0.384. The van der Waals surface area contributed by atoms with Gasteiger partial charge in [0.2, 0.25) is 0 Å². The molecule has 8 heteroatoms. The van der Waals surface area contributed by atoms with Gasteiger partial charge in [0.05, 0.1) is 18.1 Å². The van der Waals surface area contributed by atoms with Crippen molar-refractivity contribution in [2.24, 2.45) is 5.92 Å². The van der Waals surface area contributed by atoms with E-state index < -0.39 is 23.4 Å². The molecule has 24 heavy (non-hydrogen) atoms. The molecule has 0 aliphatic heterocycles. The molecule has 0 unspecified atom stereocenters. The summed E-state index contributed by atoms with van der Waals surface area (Å²) in [6, 6.07) is 4.08. The molecule has 0 saturated heterocycles. The maximum Gasteiger partial charge on any atom is 0.306 e. The van der Waals surface area contributed by atoms with Crippen molar-refractivity contribution in [3.05, 3.63) is 28.3 Å². The highest BCUT2D eigenvalue weighted by Gasteiger charge is 2.21. The van der Waals surface area contributed by atoms with E-state index in [2.05, 4.69) is 5.32 Å². The highest BCUT2D eigenvalue weighted by Crippen LogP contribution is 2.29. The largest absolute Gasteiger partial charge is 0.496 e. The van der Waals surface area contributed by atoms with E-state index in [0.717, 1.165) is 25.7 Å². The van der Waals surface area contributed by atoms with Gasteiger partial charge in [0, 0.05) is 6.42 Å². The number of esters is 1. The second-order valence-corrected chi connectivity index (χ2v) is 5.70. The maximum atomic E-state index is 11.8. The van der Waals surface area contributed by atoms with Crippen LogP contribution < -0.4 is 10.1 Å². The van der Waals surface area contributed by atoms with Crippen molar-refractivity contribution >= 4 is 23.3 Å². The first-order chi connectivity index (χ1) is 11.5. The predicted octanol–water partition coefficient (Wildman–Crippen LogP) is 2.67. The summed E-state index contributed by atoms with van der Waals surface area (Å²) in [5, 5.41) is 13.4. The number of nitro groups is 1. The molecule has 1 aromatic carbocycles. The van der Waals surface area contributed by atoms with Crippen LogP contribution in [0.4, 0.5) is 11.4 Å². The van der Waals surface area contributed by atoms with Gasteiger partial charge in [-0.15, -0.1) is 0 Å². The first-order valence-electron chi connectivity index (χ1n) is 7.77. The van der Waals surface area contributed by atoms with Gasteiger partial charge < -0.3 is 14.8 Å². The summed E-state index contributed by atoms with van der Waals surface area (Å²) >= 11 is 0. The average Bonchev–Trinajstić information content (AvgIpc) is 3.06. The maximum absolute atomic E-state index is 11.8. The number of ether oxygens (including phenoxy) is 2. The van der Waals surface area contributed by atoms with Gasteiger partial charge in [0.25, 0.3) is 11.6 Å². The van der Waals surface area contributed by atoms with E-state index in [1.807, 2.05) is 0 Å². The number of nitrogens with zero attached hydrogens (tertiary/aromatic N) is 1. The Bertz CT molecular complexity index is 625. The van der Waals surface area contributed by atoms with Crippen molar-refractivity contribution in [1.29, 1.82) is 0 Å². The molecule has 0 heterocycles. The molecule has 0 radical (unpaired) electrons. The Labute approximate surface area is 139 Å². The summed E-state index contributed by atoms with van der Waals surface area (Å²) in [6.07, 6.45) is 4.59. The minimum Gasteiger partial charge on any atom is -0.496 e. The first-order valence-corrected chi connectivity index (χ1v) is 7.77. The number of methoxy groups -OCH3 is 1. The number of carbonyl (C=O) groups is 2. The fourth-order valence-electron chi connectivity index (χ4n) is 2.74.